The molecule has 0 aliphatic carbocycles. The molecule has 0 rings (SSSR count). The monoisotopic (exact) mass is 452 g/mol. The summed E-state index contributed by atoms with van der Waals surface area (Å²) in [4.78, 5) is 0. The molecule has 1 heteroatoms. The highest BCUT2D eigenvalue weighted by molar-refractivity contribution is 4.93. The van der Waals surface area contributed by atoms with Crippen molar-refractivity contribution in [3.63, 3.8) is 0 Å². The molecular formula is C31H65N. The zero-order valence-corrected chi connectivity index (χ0v) is 23.5. The maximum Gasteiger partial charge on any atom is 0.0177 e. The van der Waals surface area contributed by atoms with Gasteiger partial charge in [0, 0.05) is 5.54 Å². The fourth-order valence-electron chi connectivity index (χ4n) is 5.01. The van der Waals surface area contributed by atoms with Crippen LogP contribution in [0.2, 0.25) is 0 Å². The molecule has 32 heavy (non-hydrogen) atoms. The lowest BCUT2D eigenvalue weighted by molar-refractivity contribution is 0.148. The van der Waals surface area contributed by atoms with Gasteiger partial charge in [-0.25, -0.2) is 0 Å². The summed E-state index contributed by atoms with van der Waals surface area (Å²) in [5.41, 5.74) is 7.07. The van der Waals surface area contributed by atoms with Gasteiger partial charge in [-0.3, -0.25) is 0 Å². The maximum atomic E-state index is 6.84. The van der Waals surface area contributed by atoms with Crippen LogP contribution in [0.25, 0.3) is 0 Å². The van der Waals surface area contributed by atoms with E-state index in [2.05, 4.69) is 34.6 Å². The second kappa shape index (κ2) is 21.5. The fraction of sp³-hybridized carbons (Fsp3) is 1.00. The Labute approximate surface area is 205 Å². The zero-order valence-electron chi connectivity index (χ0n) is 23.5. The molecule has 1 atom stereocenters. The third kappa shape index (κ3) is 18.4. The molecule has 0 radical (unpaired) electrons. The average Bonchev–Trinajstić information content (AvgIpc) is 2.75. The fourth-order valence-corrected chi connectivity index (χ4v) is 5.01. The van der Waals surface area contributed by atoms with E-state index in [0.29, 0.717) is 0 Å². The molecule has 0 aromatic heterocycles. The topological polar surface area (TPSA) is 26.0 Å². The van der Waals surface area contributed by atoms with Gasteiger partial charge in [0.1, 0.15) is 0 Å². The van der Waals surface area contributed by atoms with Gasteiger partial charge in [0.25, 0.3) is 0 Å². The second-order valence-corrected chi connectivity index (χ2v) is 11.9. The Morgan fingerprint density at radius 1 is 0.375 bits per heavy atom. The molecule has 2 N–H and O–H groups in total. The molecule has 0 bridgehead atoms. The number of hydrogen-bond donors (Lipinski definition) is 1. The standard InChI is InChI=1S/C31H65N/c1-6-8-10-12-14-16-18-19-20-22-24-26-28-30(3,4)31(5,32)29-27-25-23-21-17-15-13-11-9-7-2/h6-29,32H2,1-5H3. The average molecular weight is 452 g/mol. The normalized spacial score (nSPS) is 14.1. The molecule has 0 aliphatic heterocycles. The van der Waals surface area contributed by atoms with Crippen molar-refractivity contribution in [1.82, 2.24) is 0 Å². The maximum absolute atomic E-state index is 6.84. The summed E-state index contributed by atoms with van der Waals surface area (Å²) in [7, 11) is 0. The first-order valence-corrected chi connectivity index (χ1v) is 15.2. The van der Waals surface area contributed by atoms with Gasteiger partial charge in [-0.15, -0.1) is 0 Å². The van der Waals surface area contributed by atoms with Crippen LogP contribution in [-0.2, 0) is 0 Å². The van der Waals surface area contributed by atoms with Gasteiger partial charge in [-0.1, -0.05) is 169 Å². The summed E-state index contributed by atoms with van der Waals surface area (Å²) in [5.74, 6) is 0. The van der Waals surface area contributed by atoms with Crippen LogP contribution in [0, 0.1) is 5.41 Å². The van der Waals surface area contributed by atoms with Gasteiger partial charge >= 0.3 is 0 Å². The van der Waals surface area contributed by atoms with Crippen molar-refractivity contribution in [1.29, 1.82) is 0 Å². The van der Waals surface area contributed by atoms with Crippen molar-refractivity contribution in [3.05, 3.63) is 0 Å². The second-order valence-electron chi connectivity index (χ2n) is 11.9. The van der Waals surface area contributed by atoms with E-state index < -0.39 is 0 Å². The Kier molecular flexibility index (Phi) is 21.5. The summed E-state index contributed by atoms with van der Waals surface area (Å²) in [6.45, 7) is 11.8. The van der Waals surface area contributed by atoms with Crippen LogP contribution in [0.3, 0.4) is 0 Å². The Hall–Kier alpha value is -0.0400. The van der Waals surface area contributed by atoms with Gasteiger partial charge < -0.3 is 5.73 Å². The molecule has 0 aromatic rings. The van der Waals surface area contributed by atoms with E-state index in [9.17, 15) is 0 Å². The minimum Gasteiger partial charge on any atom is -0.325 e. The minimum atomic E-state index is -0.0229. The van der Waals surface area contributed by atoms with Crippen molar-refractivity contribution in [2.24, 2.45) is 11.1 Å². The molecule has 1 nitrogen and oxygen atoms in total. The van der Waals surface area contributed by atoms with Gasteiger partial charge in [0.2, 0.25) is 0 Å². The predicted molar refractivity (Wildman–Crippen MR) is 149 cm³/mol. The highest BCUT2D eigenvalue weighted by Gasteiger charge is 2.36. The molecule has 0 aliphatic rings. The molecule has 0 spiro atoms. The number of nitrogens with two attached hydrogens (primary N) is 1. The first kappa shape index (κ1) is 32.0. The van der Waals surface area contributed by atoms with E-state index in [1.54, 1.807) is 0 Å². The molecule has 0 saturated heterocycles. The van der Waals surface area contributed by atoms with E-state index >= 15 is 0 Å². The number of hydrogen-bond acceptors (Lipinski definition) is 1. The Bertz CT molecular complexity index is 371. The minimum absolute atomic E-state index is 0.0229. The molecule has 194 valence electrons. The molecule has 1 unspecified atom stereocenters. The smallest absolute Gasteiger partial charge is 0.0177 e. The van der Waals surface area contributed by atoms with Crippen LogP contribution in [0.5, 0.6) is 0 Å². The third-order valence-electron chi connectivity index (χ3n) is 8.25. The molecule has 0 fully saturated rings. The molecule has 0 heterocycles. The molecular weight excluding hydrogens is 386 g/mol. The SMILES string of the molecule is CCCCCCCCCCCCCCC(C)(C)C(C)(N)CCCCCCCCCCCC. The van der Waals surface area contributed by atoms with Crippen LogP contribution in [0.4, 0.5) is 0 Å². The zero-order chi connectivity index (χ0) is 24.0. The summed E-state index contributed by atoms with van der Waals surface area (Å²) in [6.07, 6.45) is 33.7. The van der Waals surface area contributed by atoms with Crippen LogP contribution >= 0.6 is 0 Å². The summed E-state index contributed by atoms with van der Waals surface area (Å²) < 4.78 is 0. The van der Waals surface area contributed by atoms with Gasteiger partial charge in [-0.05, 0) is 25.2 Å². The van der Waals surface area contributed by atoms with Crippen LogP contribution < -0.4 is 5.73 Å². The number of unbranched alkanes of at least 4 members (excludes halogenated alkanes) is 20. The largest absolute Gasteiger partial charge is 0.325 e. The van der Waals surface area contributed by atoms with Gasteiger partial charge in [0.05, 0.1) is 0 Å². The van der Waals surface area contributed by atoms with E-state index in [1.165, 1.54) is 154 Å². The third-order valence-corrected chi connectivity index (χ3v) is 8.25. The highest BCUT2D eigenvalue weighted by atomic mass is 14.8. The van der Waals surface area contributed by atoms with E-state index in [4.69, 9.17) is 5.73 Å². The Balaban J connectivity index is 3.64. The van der Waals surface area contributed by atoms with E-state index in [0.717, 1.165) is 0 Å². The van der Waals surface area contributed by atoms with Crippen LogP contribution in [-0.4, -0.2) is 5.54 Å². The van der Waals surface area contributed by atoms with Crippen molar-refractivity contribution in [2.45, 2.75) is 194 Å². The van der Waals surface area contributed by atoms with E-state index in [-0.39, 0.29) is 11.0 Å². The van der Waals surface area contributed by atoms with Crippen molar-refractivity contribution >= 4 is 0 Å². The molecule has 0 aromatic carbocycles. The van der Waals surface area contributed by atoms with Crippen molar-refractivity contribution < 1.29 is 0 Å². The summed E-state index contributed by atoms with van der Waals surface area (Å²) >= 11 is 0. The van der Waals surface area contributed by atoms with Crippen molar-refractivity contribution in [2.75, 3.05) is 0 Å². The van der Waals surface area contributed by atoms with Gasteiger partial charge in [0.15, 0.2) is 0 Å². The molecule has 0 saturated carbocycles. The Morgan fingerprint density at radius 2 is 0.625 bits per heavy atom. The summed E-state index contributed by atoms with van der Waals surface area (Å²) in [5, 5.41) is 0. The van der Waals surface area contributed by atoms with Crippen LogP contribution in [0.15, 0.2) is 0 Å². The first-order chi connectivity index (χ1) is 15.4. The quantitative estimate of drug-likeness (QED) is 0.137. The summed E-state index contributed by atoms with van der Waals surface area (Å²) in [6, 6.07) is 0. The van der Waals surface area contributed by atoms with Crippen LogP contribution in [0.1, 0.15) is 189 Å². The Morgan fingerprint density at radius 3 is 0.938 bits per heavy atom. The lowest BCUT2D eigenvalue weighted by Crippen LogP contribution is -2.50. The van der Waals surface area contributed by atoms with Gasteiger partial charge in [-0.2, -0.15) is 0 Å². The van der Waals surface area contributed by atoms with E-state index in [1.807, 2.05) is 0 Å². The predicted octanol–water partition coefficient (Wildman–Crippen LogP) is 11.1. The lowest BCUT2D eigenvalue weighted by Gasteiger charge is -2.42. The number of rotatable bonds is 25. The van der Waals surface area contributed by atoms with Crippen molar-refractivity contribution in [3.8, 4) is 0 Å². The first-order valence-electron chi connectivity index (χ1n) is 15.2. The highest BCUT2D eigenvalue weighted by Crippen LogP contribution is 2.37. The lowest BCUT2D eigenvalue weighted by atomic mass is 9.68. The molecule has 0 amide bonds.